The van der Waals surface area contributed by atoms with E-state index in [1.54, 1.807) is 0 Å². The van der Waals surface area contributed by atoms with E-state index in [0.29, 0.717) is 30.0 Å². The van der Waals surface area contributed by atoms with E-state index in [2.05, 4.69) is 15.2 Å². The molecule has 0 spiro atoms. The van der Waals surface area contributed by atoms with Crippen LogP contribution in [0.3, 0.4) is 0 Å². The Morgan fingerprint density at radius 1 is 1.11 bits per heavy atom. The number of fused-ring (bicyclic) bond motifs is 1. The zero-order chi connectivity index (χ0) is 19.8. The van der Waals surface area contributed by atoms with Crippen LogP contribution in [0.5, 0.6) is 0 Å². The van der Waals surface area contributed by atoms with E-state index < -0.39 is 34.6 Å². The van der Waals surface area contributed by atoms with Gasteiger partial charge in [-0.2, -0.15) is 0 Å². The molecule has 1 aliphatic heterocycles. The molecule has 0 unspecified atom stereocenters. The molecule has 2 aromatic rings. The van der Waals surface area contributed by atoms with Gasteiger partial charge < -0.3 is 10.2 Å². The largest absolute Gasteiger partial charge is 0.380 e. The Morgan fingerprint density at radius 3 is 2.46 bits per heavy atom. The van der Waals surface area contributed by atoms with E-state index in [1.807, 2.05) is 0 Å². The zero-order valence-electron chi connectivity index (χ0n) is 14.7. The summed E-state index contributed by atoms with van der Waals surface area (Å²) in [6.45, 7) is 3.28. The molecule has 9 heteroatoms. The van der Waals surface area contributed by atoms with E-state index in [4.69, 9.17) is 0 Å². The average Bonchev–Trinajstić information content (AvgIpc) is 3.28. The number of hydrogen-bond donors (Lipinski definition) is 1. The van der Waals surface area contributed by atoms with Gasteiger partial charge in [0.05, 0.1) is 11.3 Å². The number of carbonyl (C=O) groups excluding carboxylic acids is 2. The second kappa shape index (κ2) is 7.48. The van der Waals surface area contributed by atoms with Crippen molar-refractivity contribution in [3.8, 4) is 10.6 Å². The maximum atomic E-state index is 14.0. The van der Waals surface area contributed by atoms with E-state index in [1.165, 1.54) is 6.08 Å². The van der Waals surface area contributed by atoms with Gasteiger partial charge in [0, 0.05) is 31.3 Å². The lowest BCUT2D eigenvalue weighted by Gasteiger charge is -2.17. The minimum absolute atomic E-state index is 0.0215. The Bertz CT molecular complexity index is 973. The van der Waals surface area contributed by atoms with Gasteiger partial charge in [-0.1, -0.05) is 0 Å². The van der Waals surface area contributed by atoms with E-state index in [-0.39, 0.29) is 21.3 Å². The highest BCUT2D eigenvalue weighted by Crippen LogP contribution is 2.35. The second-order valence-electron chi connectivity index (χ2n) is 6.67. The summed E-state index contributed by atoms with van der Waals surface area (Å²) in [4.78, 5) is 31.3. The fourth-order valence-electron chi connectivity index (χ4n) is 3.37. The summed E-state index contributed by atoms with van der Waals surface area (Å²) in [5.41, 5.74) is -0.571. The van der Waals surface area contributed by atoms with Gasteiger partial charge in [0.2, 0.25) is 5.78 Å². The van der Waals surface area contributed by atoms with Crippen LogP contribution in [0.1, 0.15) is 33.0 Å². The molecule has 0 bridgehead atoms. The predicted octanol–water partition coefficient (Wildman–Crippen LogP) is 3.18. The Hall–Kier alpha value is -2.52. The molecule has 2 aliphatic rings. The molecule has 1 aromatic heterocycles. The molecule has 1 saturated heterocycles. The molecule has 1 N–H and O–H groups in total. The molecule has 1 aliphatic carbocycles. The molecule has 1 fully saturated rings. The third-order valence-corrected chi connectivity index (χ3v) is 5.84. The number of halogens is 3. The van der Waals surface area contributed by atoms with Gasteiger partial charge >= 0.3 is 0 Å². The molecule has 4 rings (SSSR count). The van der Waals surface area contributed by atoms with Crippen molar-refractivity contribution in [3.63, 3.8) is 0 Å². The molecule has 28 heavy (non-hydrogen) atoms. The maximum absolute atomic E-state index is 14.0. The number of likely N-dealkylation sites (tertiary alicyclic amines) is 1. The molecule has 5 nitrogen and oxygen atoms in total. The first-order valence-electron chi connectivity index (χ1n) is 8.86. The average molecular weight is 407 g/mol. The van der Waals surface area contributed by atoms with Gasteiger partial charge in [0.1, 0.15) is 33.0 Å². The third kappa shape index (κ3) is 3.47. The first-order valence-corrected chi connectivity index (χ1v) is 9.68. The molecule has 0 radical (unpaired) electrons. The second-order valence-corrected chi connectivity index (χ2v) is 7.67. The normalized spacial score (nSPS) is 17.0. The monoisotopic (exact) mass is 407 g/mol. The van der Waals surface area contributed by atoms with Crippen molar-refractivity contribution < 1.29 is 22.8 Å². The standard InChI is InChI=1S/C19H16F3N3O2S/c20-10-7-11(21)15(12(22)8-10)19-24-16-17(27)13(9-14(26)18(16)28-19)23-3-6-25-4-1-2-5-25/h7-9,23H,1-6H2. The SMILES string of the molecule is O=C1C(NCCN2CCCC2)=CC(=O)c2sc(-c3c(F)cc(F)cc3F)nc21. The van der Waals surface area contributed by atoms with Crippen LogP contribution < -0.4 is 5.32 Å². The number of carbonyl (C=O) groups is 2. The number of nitrogens with zero attached hydrogens (tertiary/aromatic N) is 2. The lowest BCUT2D eigenvalue weighted by atomic mass is 10.0. The summed E-state index contributed by atoms with van der Waals surface area (Å²) in [5.74, 6) is -4.29. The number of Topliss-reactive ketones (excluding diaryl/α,β-unsaturated/α-hetero) is 1. The lowest BCUT2D eigenvalue weighted by molar-refractivity contribution is 0.0977. The quantitative estimate of drug-likeness (QED) is 0.825. The number of ketones is 2. The van der Waals surface area contributed by atoms with Crippen molar-refractivity contribution in [3.05, 3.63) is 51.9 Å². The Morgan fingerprint density at radius 2 is 1.79 bits per heavy atom. The predicted molar refractivity (Wildman–Crippen MR) is 97.8 cm³/mol. The van der Waals surface area contributed by atoms with Crippen molar-refractivity contribution in [2.45, 2.75) is 12.8 Å². The van der Waals surface area contributed by atoms with Crippen molar-refractivity contribution >= 4 is 22.9 Å². The molecule has 0 amide bonds. The minimum Gasteiger partial charge on any atom is -0.380 e. The lowest BCUT2D eigenvalue weighted by Crippen LogP contribution is -2.33. The smallest absolute Gasteiger partial charge is 0.228 e. The molecule has 0 atom stereocenters. The van der Waals surface area contributed by atoms with E-state index in [9.17, 15) is 22.8 Å². The summed E-state index contributed by atoms with van der Waals surface area (Å²) in [6, 6.07) is 1.07. The number of hydrogen-bond acceptors (Lipinski definition) is 6. The fraction of sp³-hybridized carbons (Fsp3) is 0.316. The van der Waals surface area contributed by atoms with Crippen molar-refractivity contribution in [2.24, 2.45) is 0 Å². The summed E-state index contributed by atoms with van der Waals surface area (Å²) >= 11 is 0.716. The molecule has 2 heterocycles. The number of rotatable bonds is 5. The van der Waals surface area contributed by atoms with Crippen LogP contribution in [0.25, 0.3) is 10.6 Å². The molecular formula is C19H16F3N3O2S. The van der Waals surface area contributed by atoms with Crippen molar-refractivity contribution in [1.82, 2.24) is 15.2 Å². The van der Waals surface area contributed by atoms with Gasteiger partial charge in [-0.3, -0.25) is 9.59 Å². The highest BCUT2D eigenvalue weighted by Gasteiger charge is 2.31. The van der Waals surface area contributed by atoms with Gasteiger partial charge in [0.25, 0.3) is 0 Å². The molecule has 146 valence electrons. The Kier molecular flexibility index (Phi) is 5.03. The van der Waals surface area contributed by atoms with Crippen LogP contribution in [0, 0.1) is 17.5 Å². The molecule has 0 saturated carbocycles. The minimum atomic E-state index is -1.14. The first kappa shape index (κ1) is 18.8. The number of thiazole rings is 1. The summed E-state index contributed by atoms with van der Waals surface area (Å²) in [6.07, 6.45) is 3.50. The van der Waals surface area contributed by atoms with E-state index >= 15 is 0 Å². The van der Waals surface area contributed by atoms with Crippen molar-refractivity contribution in [2.75, 3.05) is 26.2 Å². The fourth-order valence-corrected chi connectivity index (χ4v) is 4.39. The van der Waals surface area contributed by atoms with Gasteiger partial charge in [-0.25, -0.2) is 18.2 Å². The van der Waals surface area contributed by atoms with Gasteiger partial charge in [-0.15, -0.1) is 11.3 Å². The van der Waals surface area contributed by atoms with Crippen LogP contribution in [-0.4, -0.2) is 47.6 Å². The highest BCUT2D eigenvalue weighted by atomic mass is 32.1. The van der Waals surface area contributed by atoms with Crippen LogP contribution in [0.2, 0.25) is 0 Å². The molecule has 1 aromatic carbocycles. The number of aromatic nitrogens is 1. The van der Waals surface area contributed by atoms with Crippen LogP contribution in [0.4, 0.5) is 13.2 Å². The Labute approximate surface area is 162 Å². The van der Waals surface area contributed by atoms with Crippen LogP contribution in [-0.2, 0) is 0 Å². The third-order valence-electron chi connectivity index (χ3n) is 4.75. The molecular weight excluding hydrogens is 391 g/mol. The summed E-state index contributed by atoms with van der Waals surface area (Å²) < 4.78 is 41.2. The zero-order valence-corrected chi connectivity index (χ0v) is 15.5. The van der Waals surface area contributed by atoms with E-state index in [0.717, 1.165) is 32.5 Å². The highest BCUT2D eigenvalue weighted by molar-refractivity contribution is 7.17. The Balaban J connectivity index is 1.56. The summed E-state index contributed by atoms with van der Waals surface area (Å²) in [7, 11) is 0. The maximum Gasteiger partial charge on any atom is 0.228 e. The number of nitrogens with one attached hydrogen (secondary N) is 1. The first-order chi connectivity index (χ1) is 13.4. The van der Waals surface area contributed by atoms with Crippen LogP contribution in [0.15, 0.2) is 23.9 Å². The topological polar surface area (TPSA) is 62.3 Å². The van der Waals surface area contributed by atoms with Crippen molar-refractivity contribution in [1.29, 1.82) is 0 Å². The van der Waals surface area contributed by atoms with Crippen LogP contribution >= 0.6 is 11.3 Å². The van der Waals surface area contributed by atoms with Gasteiger partial charge in [-0.05, 0) is 25.9 Å². The summed E-state index contributed by atoms with van der Waals surface area (Å²) in [5, 5.41) is 2.79. The number of allylic oxidation sites excluding steroid dienone is 2. The number of benzene rings is 1. The van der Waals surface area contributed by atoms with Gasteiger partial charge in [0.15, 0.2) is 5.78 Å².